The van der Waals surface area contributed by atoms with Crippen molar-refractivity contribution in [3.05, 3.63) is 59.7 Å². The van der Waals surface area contributed by atoms with Crippen LogP contribution < -0.4 is 5.32 Å². The molecule has 2 aromatic carbocycles. The molecule has 0 spiro atoms. The van der Waals surface area contributed by atoms with Crippen LogP contribution in [0, 0.1) is 46.3 Å². The average Bonchev–Trinajstić information content (AvgIpc) is 3.64. The second kappa shape index (κ2) is 14.4. The van der Waals surface area contributed by atoms with Crippen molar-refractivity contribution in [1.82, 2.24) is 5.32 Å². The third-order valence-corrected chi connectivity index (χ3v) is 14.7. The molecule has 0 aliphatic heterocycles. The van der Waals surface area contributed by atoms with Gasteiger partial charge < -0.3 is 35.2 Å². The summed E-state index contributed by atoms with van der Waals surface area (Å²) < 4.78 is 11.9. The molecule has 0 bridgehead atoms. The number of carbonyl (C=O) groups excluding carboxylic acids is 1. The minimum atomic E-state index is -0.875. The van der Waals surface area contributed by atoms with Crippen molar-refractivity contribution < 1.29 is 39.5 Å². The normalized spacial score (nSPS) is 36.5. The number of aliphatic hydroxyl groups excluding tert-OH is 3. The predicted octanol–water partition coefficient (Wildman–Crippen LogP) is 6.37. The molecule has 0 saturated heterocycles. The highest BCUT2D eigenvalue weighted by atomic mass is 16.5. The van der Waals surface area contributed by atoms with Crippen molar-refractivity contribution in [3.63, 3.8) is 0 Å². The van der Waals surface area contributed by atoms with Crippen molar-refractivity contribution in [2.24, 2.45) is 46.3 Å². The second-order valence-electron chi connectivity index (χ2n) is 17.1. The van der Waals surface area contributed by atoms with Gasteiger partial charge >= 0.3 is 12.1 Å². The first kappa shape index (κ1) is 36.4. The van der Waals surface area contributed by atoms with Gasteiger partial charge in [-0.1, -0.05) is 69.3 Å². The molecule has 5 aliphatic carbocycles. The zero-order valence-corrected chi connectivity index (χ0v) is 30.4. The Morgan fingerprint density at radius 3 is 2.31 bits per heavy atom. The number of hydrogen-bond acceptors (Lipinski definition) is 7. The topological polar surface area (TPSA) is 146 Å². The van der Waals surface area contributed by atoms with E-state index >= 15 is 0 Å². The molecule has 4 saturated carbocycles. The van der Waals surface area contributed by atoms with Crippen LogP contribution in [0.1, 0.15) is 95.6 Å². The Morgan fingerprint density at radius 1 is 0.941 bits per heavy atom. The first-order valence-corrected chi connectivity index (χ1v) is 19.4. The fraction of sp³-hybridized carbons (Fsp3) is 0.667. The lowest BCUT2D eigenvalue weighted by molar-refractivity contribution is -0.210. The van der Waals surface area contributed by atoms with Crippen molar-refractivity contribution >= 4 is 12.1 Å². The predicted molar refractivity (Wildman–Crippen MR) is 193 cm³/mol. The molecule has 7 rings (SSSR count). The van der Waals surface area contributed by atoms with E-state index in [4.69, 9.17) is 9.47 Å². The summed E-state index contributed by atoms with van der Waals surface area (Å²) in [7, 11) is 0. The summed E-state index contributed by atoms with van der Waals surface area (Å²) in [5.41, 5.74) is 4.31. The molecule has 9 nitrogen and oxygen atoms in total. The SMILES string of the molecule is C[C@H](CCC(=O)O)[C@H]1CC[C@H]2[C@@H]3C(O)CC4CC(OCC(O)CNC(=O)OCC5c6ccccc6-c6ccccc65)CC[C@]4(C)[C@H]3C[C@H](O)[C@]12C. The summed E-state index contributed by atoms with van der Waals surface area (Å²) in [5, 5.41) is 46.3. The lowest BCUT2D eigenvalue weighted by atomic mass is 9.43. The van der Waals surface area contributed by atoms with E-state index < -0.39 is 30.4 Å². The second-order valence-corrected chi connectivity index (χ2v) is 17.1. The van der Waals surface area contributed by atoms with Gasteiger partial charge in [0.15, 0.2) is 0 Å². The average molecular weight is 704 g/mol. The fourth-order valence-electron chi connectivity index (χ4n) is 12.0. The Labute approximate surface area is 302 Å². The van der Waals surface area contributed by atoms with E-state index in [1.165, 1.54) is 11.1 Å². The van der Waals surface area contributed by atoms with E-state index in [1.54, 1.807) is 0 Å². The molecule has 4 unspecified atom stereocenters. The third-order valence-electron chi connectivity index (χ3n) is 14.7. The summed E-state index contributed by atoms with van der Waals surface area (Å²) >= 11 is 0. The smallest absolute Gasteiger partial charge is 0.407 e. The minimum Gasteiger partial charge on any atom is -0.481 e. The molecule has 1 amide bonds. The maximum absolute atomic E-state index is 12.6. The molecule has 51 heavy (non-hydrogen) atoms. The molecule has 278 valence electrons. The van der Waals surface area contributed by atoms with Gasteiger partial charge in [-0.25, -0.2) is 4.79 Å². The van der Waals surface area contributed by atoms with Crippen molar-refractivity contribution in [2.45, 2.75) is 109 Å². The number of rotatable bonds is 11. The molecular formula is C42H57NO8. The molecule has 12 atom stereocenters. The first-order valence-electron chi connectivity index (χ1n) is 19.4. The summed E-state index contributed by atoms with van der Waals surface area (Å²) in [4.78, 5) is 23.9. The van der Waals surface area contributed by atoms with Gasteiger partial charge in [0.05, 0.1) is 31.0 Å². The van der Waals surface area contributed by atoms with Crippen LogP contribution in [-0.2, 0) is 14.3 Å². The number of aliphatic carboxylic acids is 1. The van der Waals surface area contributed by atoms with Gasteiger partial charge in [0, 0.05) is 18.9 Å². The number of fused-ring (bicyclic) bond motifs is 8. The van der Waals surface area contributed by atoms with Gasteiger partial charge in [0.1, 0.15) is 6.61 Å². The molecular weight excluding hydrogens is 646 g/mol. The van der Waals surface area contributed by atoms with Crippen molar-refractivity contribution in [3.8, 4) is 11.1 Å². The number of carboxylic acid groups (broad SMARTS) is 1. The number of amides is 1. The molecule has 2 aromatic rings. The minimum absolute atomic E-state index is 0.0106. The Balaban J connectivity index is 0.892. The molecule has 0 radical (unpaired) electrons. The Hall–Kier alpha value is -2.98. The highest BCUT2D eigenvalue weighted by Crippen LogP contribution is 2.68. The van der Waals surface area contributed by atoms with E-state index in [1.807, 2.05) is 24.3 Å². The van der Waals surface area contributed by atoms with Gasteiger partial charge in [-0.05, 0) is 120 Å². The lowest BCUT2D eigenvalue weighted by Gasteiger charge is -2.63. The van der Waals surface area contributed by atoms with Gasteiger partial charge in [-0.15, -0.1) is 0 Å². The van der Waals surface area contributed by atoms with Crippen LogP contribution in [0.5, 0.6) is 0 Å². The monoisotopic (exact) mass is 703 g/mol. The molecule has 5 N–H and O–H groups in total. The highest BCUT2D eigenvalue weighted by molar-refractivity contribution is 5.79. The number of hydrogen-bond donors (Lipinski definition) is 5. The Kier molecular flexibility index (Phi) is 10.3. The van der Waals surface area contributed by atoms with Crippen LogP contribution >= 0.6 is 0 Å². The zero-order valence-electron chi connectivity index (χ0n) is 30.4. The summed E-state index contributed by atoms with van der Waals surface area (Å²) in [6.45, 7) is 7.07. The van der Waals surface area contributed by atoms with Gasteiger partial charge in [-0.3, -0.25) is 4.79 Å². The molecule has 9 heteroatoms. The molecule has 4 fully saturated rings. The molecule has 5 aliphatic rings. The van der Waals surface area contributed by atoms with Crippen LogP contribution in [0.25, 0.3) is 11.1 Å². The van der Waals surface area contributed by atoms with E-state index in [0.717, 1.165) is 43.2 Å². The van der Waals surface area contributed by atoms with Crippen LogP contribution in [0.3, 0.4) is 0 Å². The van der Waals surface area contributed by atoms with Gasteiger partial charge in [-0.2, -0.15) is 0 Å². The van der Waals surface area contributed by atoms with Gasteiger partial charge in [0.2, 0.25) is 0 Å². The summed E-state index contributed by atoms with van der Waals surface area (Å²) in [5.74, 6) is 0.508. The van der Waals surface area contributed by atoms with Crippen LogP contribution in [0.2, 0.25) is 0 Å². The van der Waals surface area contributed by atoms with E-state index in [0.29, 0.717) is 19.3 Å². The maximum Gasteiger partial charge on any atom is 0.407 e. The molecule has 0 heterocycles. The number of alkyl carbamates (subject to hydrolysis) is 1. The van der Waals surface area contributed by atoms with Crippen molar-refractivity contribution in [1.29, 1.82) is 0 Å². The number of carboxylic acids is 1. The van der Waals surface area contributed by atoms with Crippen LogP contribution in [-0.4, -0.2) is 76.7 Å². The summed E-state index contributed by atoms with van der Waals surface area (Å²) in [6, 6.07) is 16.4. The number of benzene rings is 2. The third kappa shape index (κ3) is 6.62. The van der Waals surface area contributed by atoms with Crippen LogP contribution in [0.4, 0.5) is 4.79 Å². The van der Waals surface area contributed by atoms with Crippen LogP contribution in [0.15, 0.2) is 48.5 Å². The summed E-state index contributed by atoms with van der Waals surface area (Å²) in [6.07, 6.45) is 4.31. The van der Waals surface area contributed by atoms with E-state index in [9.17, 15) is 30.0 Å². The maximum atomic E-state index is 12.6. The Bertz CT molecular complexity index is 1540. The van der Waals surface area contributed by atoms with E-state index in [-0.39, 0.29) is 84.5 Å². The zero-order chi connectivity index (χ0) is 36.1. The lowest BCUT2D eigenvalue weighted by Crippen LogP contribution is -2.62. The Morgan fingerprint density at radius 2 is 1.63 bits per heavy atom. The molecule has 0 aromatic heterocycles. The standard InChI is InChI=1S/C42H57NO8/c1-24(12-15-38(47)48)33-13-14-34-39-35(20-37(46)42(33,34)3)41(2)17-16-27(18-25(41)19-36(39)45)50-22-26(44)21-43-40(49)51-23-32-30-10-6-4-8-28(30)29-9-5-7-11-31(29)32/h4-11,24-27,32-37,39,44-46H,12-23H2,1-3H3,(H,43,49)(H,47,48)/t24-,25?,26?,27?,33-,34+,35+,36?,37+,39+,41+,42-/m1/s1. The number of nitrogens with one attached hydrogen (secondary N) is 1. The highest BCUT2D eigenvalue weighted by Gasteiger charge is 2.65. The number of aliphatic hydroxyl groups is 3. The fourth-order valence-corrected chi connectivity index (χ4v) is 12.0. The first-order chi connectivity index (χ1) is 24.4. The van der Waals surface area contributed by atoms with Gasteiger partial charge in [0.25, 0.3) is 0 Å². The number of ether oxygens (including phenoxy) is 2. The number of carbonyl (C=O) groups is 2. The van der Waals surface area contributed by atoms with E-state index in [2.05, 4.69) is 50.4 Å². The largest absolute Gasteiger partial charge is 0.481 e. The van der Waals surface area contributed by atoms with Crippen molar-refractivity contribution in [2.75, 3.05) is 19.8 Å². The quantitative estimate of drug-likeness (QED) is 0.182.